The zero-order chi connectivity index (χ0) is 10.3. The van der Waals surface area contributed by atoms with Crippen molar-refractivity contribution in [1.29, 1.82) is 0 Å². The maximum absolute atomic E-state index is 11.5. The van der Waals surface area contributed by atoms with Crippen LogP contribution in [0, 0.1) is 0 Å². The summed E-state index contributed by atoms with van der Waals surface area (Å²) >= 11 is 5.46. The van der Waals surface area contributed by atoms with E-state index in [0.717, 1.165) is 12.8 Å². The van der Waals surface area contributed by atoms with E-state index in [4.69, 9.17) is 11.6 Å². The van der Waals surface area contributed by atoms with E-state index in [1.165, 1.54) is 4.31 Å². The Kier molecular flexibility index (Phi) is 6.73. The predicted molar refractivity (Wildman–Crippen MR) is 56.7 cm³/mol. The van der Waals surface area contributed by atoms with E-state index in [1.54, 1.807) is 7.05 Å². The van der Waals surface area contributed by atoms with Crippen LogP contribution in [-0.2, 0) is 10.0 Å². The molecule has 0 atom stereocenters. The van der Waals surface area contributed by atoms with Gasteiger partial charge >= 0.3 is 0 Å². The van der Waals surface area contributed by atoms with Crippen molar-refractivity contribution < 1.29 is 8.42 Å². The van der Waals surface area contributed by atoms with Gasteiger partial charge in [0.25, 0.3) is 0 Å². The fourth-order valence-corrected chi connectivity index (χ4v) is 2.52. The third-order valence-electron chi connectivity index (χ3n) is 1.80. The molecule has 0 aliphatic carbocycles. The Morgan fingerprint density at radius 3 is 2.38 bits per heavy atom. The highest BCUT2D eigenvalue weighted by Crippen LogP contribution is 2.03. The number of alkyl halides is 1. The van der Waals surface area contributed by atoms with Crippen molar-refractivity contribution in [3.63, 3.8) is 0 Å². The maximum atomic E-state index is 11.5. The molecule has 0 radical (unpaired) electrons. The summed E-state index contributed by atoms with van der Waals surface area (Å²) in [6.07, 6.45) is 2.27. The lowest BCUT2D eigenvalue weighted by Crippen LogP contribution is -2.29. The predicted octanol–water partition coefficient (Wildman–Crippen LogP) is 1.68. The molecule has 0 spiro atoms. The van der Waals surface area contributed by atoms with Gasteiger partial charge in [0.05, 0.1) is 5.75 Å². The van der Waals surface area contributed by atoms with Crippen LogP contribution < -0.4 is 0 Å². The fourth-order valence-electron chi connectivity index (χ4n) is 0.989. The third-order valence-corrected chi connectivity index (χ3v) is 4.00. The maximum Gasteiger partial charge on any atom is 0.213 e. The van der Waals surface area contributed by atoms with Gasteiger partial charge in [-0.3, -0.25) is 0 Å². The number of nitrogens with zero attached hydrogens (tertiary/aromatic N) is 1. The molecule has 0 aromatic rings. The van der Waals surface area contributed by atoms with Crippen LogP contribution in [-0.4, -0.2) is 37.9 Å². The fraction of sp³-hybridized carbons (Fsp3) is 1.00. The number of hydrogen-bond donors (Lipinski definition) is 0. The van der Waals surface area contributed by atoms with Crippen LogP contribution in [0.25, 0.3) is 0 Å². The minimum atomic E-state index is -3.02. The van der Waals surface area contributed by atoms with Gasteiger partial charge in [-0.1, -0.05) is 6.92 Å². The molecule has 0 aromatic carbocycles. The van der Waals surface area contributed by atoms with Gasteiger partial charge < -0.3 is 0 Å². The Morgan fingerprint density at radius 2 is 1.92 bits per heavy atom. The van der Waals surface area contributed by atoms with Crippen molar-refractivity contribution in [3.05, 3.63) is 0 Å². The van der Waals surface area contributed by atoms with Crippen molar-refractivity contribution in [1.82, 2.24) is 4.31 Å². The average molecular weight is 228 g/mol. The molecule has 0 saturated heterocycles. The number of rotatable bonds is 7. The zero-order valence-electron chi connectivity index (χ0n) is 8.29. The lowest BCUT2D eigenvalue weighted by Gasteiger charge is -2.15. The van der Waals surface area contributed by atoms with E-state index < -0.39 is 10.0 Å². The highest BCUT2D eigenvalue weighted by Gasteiger charge is 2.15. The van der Waals surface area contributed by atoms with Gasteiger partial charge in [-0.25, -0.2) is 12.7 Å². The summed E-state index contributed by atoms with van der Waals surface area (Å²) in [7, 11) is -1.40. The van der Waals surface area contributed by atoms with Crippen LogP contribution in [0.15, 0.2) is 0 Å². The van der Waals surface area contributed by atoms with Crippen molar-refractivity contribution in [2.24, 2.45) is 0 Å². The van der Waals surface area contributed by atoms with E-state index in [1.807, 2.05) is 6.92 Å². The first-order chi connectivity index (χ1) is 6.04. The second-order valence-corrected chi connectivity index (χ2v) is 5.61. The molecule has 0 aliphatic heterocycles. The van der Waals surface area contributed by atoms with E-state index in [9.17, 15) is 8.42 Å². The van der Waals surface area contributed by atoms with Crippen LogP contribution in [0.3, 0.4) is 0 Å². The zero-order valence-corrected chi connectivity index (χ0v) is 9.86. The molecule has 0 N–H and O–H groups in total. The van der Waals surface area contributed by atoms with Crippen LogP contribution in [0.2, 0.25) is 0 Å². The van der Waals surface area contributed by atoms with Gasteiger partial charge in [-0.2, -0.15) is 0 Å². The van der Waals surface area contributed by atoms with E-state index in [2.05, 4.69) is 0 Å². The second kappa shape index (κ2) is 6.62. The summed E-state index contributed by atoms with van der Waals surface area (Å²) < 4.78 is 24.4. The Balaban J connectivity index is 3.92. The van der Waals surface area contributed by atoms with Gasteiger partial charge in [0, 0.05) is 19.5 Å². The lowest BCUT2D eigenvalue weighted by atomic mass is 10.4. The first kappa shape index (κ1) is 13.2. The van der Waals surface area contributed by atoms with Gasteiger partial charge in [-0.15, -0.1) is 11.6 Å². The molecular formula is C8H18ClNO2S. The number of sulfonamides is 1. The Labute approximate surface area is 86.1 Å². The average Bonchev–Trinajstić information content (AvgIpc) is 2.05. The Bertz CT molecular complexity index is 216. The van der Waals surface area contributed by atoms with Crippen molar-refractivity contribution in [2.75, 3.05) is 25.2 Å². The lowest BCUT2D eigenvalue weighted by molar-refractivity contribution is 0.467. The molecule has 0 saturated carbocycles. The molecule has 0 bridgehead atoms. The molecule has 0 aliphatic rings. The SMILES string of the molecule is CCCN(C)S(=O)(=O)CCCCCl. The molecule has 5 heteroatoms. The molecule has 3 nitrogen and oxygen atoms in total. The summed E-state index contributed by atoms with van der Waals surface area (Å²) in [6.45, 7) is 2.56. The third kappa shape index (κ3) is 5.49. The van der Waals surface area contributed by atoms with Crippen molar-refractivity contribution in [2.45, 2.75) is 26.2 Å². The molecular weight excluding hydrogens is 210 g/mol. The first-order valence-electron chi connectivity index (χ1n) is 4.54. The Morgan fingerprint density at radius 1 is 1.31 bits per heavy atom. The highest BCUT2D eigenvalue weighted by molar-refractivity contribution is 7.89. The minimum absolute atomic E-state index is 0.218. The number of halogens is 1. The normalized spacial score (nSPS) is 12.3. The molecule has 0 unspecified atom stereocenters. The van der Waals surface area contributed by atoms with Gasteiger partial charge in [0.15, 0.2) is 0 Å². The van der Waals surface area contributed by atoms with E-state index >= 15 is 0 Å². The second-order valence-electron chi connectivity index (χ2n) is 3.03. The molecule has 0 rings (SSSR count). The van der Waals surface area contributed by atoms with Crippen LogP contribution in [0.4, 0.5) is 0 Å². The molecule has 0 fully saturated rings. The Hall–Kier alpha value is 0.200. The highest BCUT2D eigenvalue weighted by atomic mass is 35.5. The monoisotopic (exact) mass is 227 g/mol. The van der Waals surface area contributed by atoms with Gasteiger partial charge in [-0.05, 0) is 19.3 Å². The van der Waals surface area contributed by atoms with Gasteiger partial charge in [0.1, 0.15) is 0 Å². The van der Waals surface area contributed by atoms with E-state index in [-0.39, 0.29) is 5.75 Å². The minimum Gasteiger partial charge on any atom is -0.212 e. The summed E-state index contributed by atoms with van der Waals surface area (Å²) in [4.78, 5) is 0. The molecule has 0 aromatic heterocycles. The molecule has 0 heterocycles. The summed E-state index contributed by atoms with van der Waals surface area (Å²) in [5.74, 6) is 0.753. The van der Waals surface area contributed by atoms with Crippen molar-refractivity contribution >= 4 is 21.6 Å². The molecule has 80 valence electrons. The molecule has 0 amide bonds. The number of hydrogen-bond acceptors (Lipinski definition) is 2. The van der Waals surface area contributed by atoms with Crippen LogP contribution >= 0.6 is 11.6 Å². The topological polar surface area (TPSA) is 37.4 Å². The largest absolute Gasteiger partial charge is 0.213 e. The van der Waals surface area contributed by atoms with Gasteiger partial charge in [0.2, 0.25) is 10.0 Å². The van der Waals surface area contributed by atoms with Crippen LogP contribution in [0.5, 0.6) is 0 Å². The number of unbranched alkanes of at least 4 members (excludes halogenated alkanes) is 1. The first-order valence-corrected chi connectivity index (χ1v) is 6.69. The van der Waals surface area contributed by atoms with Crippen LogP contribution in [0.1, 0.15) is 26.2 Å². The van der Waals surface area contributed by atoms with E-state index in [0.29, 0.717) is 18.8 Å². The van der Waals surface area contributed by atoms with Crippen molar-refractivity contribution in [3.8, 4) is 0 Å². The smallest absolute Gasteiger partial charge is 0.212 e. The quantitative estimate of drug-likeness (QED) is 0.490. The molecule has 13 heavy (non-hydrogen) atoms. The summed E-state index contributed by atoms with van der Waals surface area (Å²) in [5, 5.41) is 0. The standard InChI is InChI=1S/C8H18ClNO2S/c1-3-7-10(2)13(11,12)8-5-4-6-9/h3-8H2,1-2H3. The summed E-state index contributed by atoms with van der Waals surface area (Å²) in [6, 6.07) is 0. The summed E-state index contributed by atoms with van der Waals surface area (Å²) in [5.41, 5.74) is 0.